The molecule has 0 aliphatic rings. The number of anilines is 2. The number of ether oxygens (including phenoxy) is 3. The van der Waals surface area contributed by atoms with Crippen molar-refractivity contribution in [3.8, 4) is 0 Å². The summed E-state index contributed by atoms with van der Waals surface area (Å²) in [6.07, 6.45) is 1.41. The van der Waals surface area contributed by atoms with Crippen molar-refractivity contribution in [2.75, 3.05) is 63.4 Å². The van der Waals surface area contributed by atoms with E-state index in [9.17, 15) is 0 Å². The molecular weight excluding hydrogens is 296 g/mol. The van der Waals surface area contributed by atoms with E-state index in [1.165, 1.54) is 6.26 Å². The van der Waals surface area contributed by atoms with E-state index in [0.717, 1.165) is 30.0 Å². The molecule has 3 N–H and O–H groups in total. The zero-order valence-electron chi connectivity index (χ0n) is 13.9. The Hall–Kier alpha value is -1.76. The molecule has 0 aliphatic heterocycles. The molecule has 0 atom stereocenters. The van der Waals surface area contributed by atoms with Crippen LogP contribution in [-0.2, 0) is 14.2 Å². The van der Waals surface area contributed by atoms with Crippen molar-refractivity contribution < 1.29 is 19.3 Å². The molecule has 1 aromatic rings. The van der Waals surface area contributed by atoms with Gasteiger partial charge in [-0.05, 0) is 30.7 Å². The van der Waals surface area contributed by atoms with Gasteiger partial charge in [0.15, 0.2) is 0 Å². The predicted octanol–water partition coefficient (Wildman–Crippen LogP) is 1.57. The fourth-order valence-corrected chi connectivity index (χ4v) is 2.04. The van der Waals surface area contributed by atoms with E-state index in [-0.39, 0.29) is 6.61 Å². The lowest BCUT2D eigenvalue weighted by Gasteiger charge is -2.25. The van der Waals surface area contributed by atoms with Gasteiger partial charge in [0.25, 0.3) is 0 Å². The fraction of sp³-hybridized carbons (Fsp3) is 0.529. The molecule has 0 aliphatic carbocycles. The van der Waals surface area contributed by atoms with Gasteiger partial charge < -0.3 is 30.0 Å². The Morgan fingerprint density at radius 1 is 1.13 bits per heavy atom. The lowest BCUT2D eigenvalue weighted by Crippen LogP contribution is -2.31. The number of aliphatic hydroxyl groups is 1. The van der Waals surface area contributed by atoms with Crippen LogP contribution in [0, 0.1) is 6.92 Å². The molecule has 6 heteroatoms. The molecule has 1 aromatic carbocycles. The summed E-state index contributed by atoms with van der Waals surface area (Å²) in [6, 6.07) is 5.96. The number of aryl methyl sites for hydroxylation is 1. The third kappa shape index (κ3) is 7.88. The summed E-state index contributed by atoms with van der Waals surface area (Å²) in [7, 11) is 0. The number of rotatable bonds is 13. The molecule has 0 fully saturated rings. The lowest BCUT2D eigenvalue weighted by molar-refractivity contribution is 0.0842. The fourth-order valence-electron chi connectivity index (χ4n) is 2.04. The Morgan fingerprint density at radius 3 is 2.43 bits per heavy atom. The van der Waals surface area contributed by atoms with E-state index in [4.69, 9.17) is 25.1 Å². The summed E-state index contributed by atoms with van der Waals surface area (Å²) in [5.74, 6) is 0. The highest BCUT2D eigenvalue weighted by Gasteiger charge is 2.08. The monoisotopic (exact) mass is 324 g/mol. The second-order valence-electron chi connectivity index (χ2n) is 5.01. The van der Waals surface area contributed by atoms with Crippen molar-refractivity contribution in [1.82, 2.24) is 0 Å². The van der Waals surface area contributed by atoms with Crippen LogP contribution in [0.5, 0.6) is 0 Å². The maximum Gasteiger partial charge on any atom is 0.111 e. The summed E-state index contributed by atoms with van der Waals surface area (Å²) in [5, 5.41) is 8.77. The maximum absolute atomic E-state index is 8.77. The molecule has 0 heterocycles. The zero-order chi connectivity index (χ0) is 16.9. The third-order valence-corrected chi connectivity index (χ3v) is 3.33. The average molecular weight is 324 g/mol. The molecule has 0 amide bonds. The molecule has 0 bridgehead atoms. The Kier molecular flexibility index (Phi) is 9.86. The van der Waals surface area contributed by atoms with Crippen molar-refractivity contribution in [1.29, 1.82) is 0 Å². The van der Waals surface area contributed by atoms with Crippen LogP contribution in [0.1, 0.15) is 5.56 Å². The SMILES string of the molecule is C=COCCOCCN(CCOCCO)c1ccc(N)c(C)c1. The highest BCUT2D eigenvalue weighted by atomic mass is 16.5. The minimum Gasteiger partial charge on any atom is -0.499 e. The number of hydrogen-bond acceptors (Lipinski definition) is 6. The number of aliphatic hydroxyl groups excluding tert-OH is 1. The molecule has 0 saturated heterocycles. The van der Waals surface area contributed by atoms with E-state index in [1.807, 2.05) is 19.1 Å². The Balaban J connectivity index is 2.50. The number of hydrogen-bond donors (Lipinski definition) is 2. The van der Waals surface area contributed by atoms with Crippen LogP contribution in [0.3, 0.4) is 0 Å². The quantitative estimate of drug-likeness (QED) is 0.326. The number of nitrogens with two attached hydrogens (primary N) is 1. The minimum atomic E-state index is 0.0351. The molecule has 0 aromatic heterocycles. The van der Waals surface area contributed by atoms with Gasteiger partial charge in [-0.3, -0.25) is 0 Å². The molecule has 0 spiro atoms. The van der Waals surface area contributed by atoms with E-state index in [1.54, 1.807) is 0 Å². The van der Waals surface area contributed by atoms with Crippen LogP contribution in [0.25, 0.3) is 0 Å². The van der Waals surface area contributed by atoms with Crippen LogP contribution in [-0.4, -0.2) is 57.8 Å². The van der Waals surface area contributed by atoms with Crippen molar-refractivity contribution >= 4 is 11.4 Å². The average Bonchev–Trinajstić information content (AvgIpc) is 2.55. The third-order valence-electron chi connectivity index (χ3n) is 3.33. The normalized spacial score (nSPS) is 10.5. The van der Waals surface area contributed by atoms with Crippen LogP contribution in [0.15, 0.2) is 31.0 Å². The standard InChI is InChI=1S/C17H28N2O4/c1-3-21-12-13-23-10-7-19(6-9-22-11-8-20)16-4-5-17(18)15(2)14-16/h3-5,14,20H,1,6-13,18H2,2H3. The number of nitrogens with zero attached hydrogens (tertiary/aromatic N) is 1. The highest BCUT2D eigenvalue weighted by molar-refractivity contribution is 5.58. The zero-order valence-corrected chi connectivity index (χ0v) is 13.9. The maximum atomic E-state index is 8.77. The van der Waals surface area contributed by atoms with Crippen molar-refractivity contribution in [2.24, 2.45) is 0 Å². The van der Waals surface area contributed by atoms with Crippen molar-refractivity contribution in [2.45, 2.75) is 6.92 Å². The molecule has 130 valence electrons. The first-order valence-corrected chi connectivity index (χ1v) is 7.79. The Labute approximate surface area is 138 Å². The molecule has 23 heavy (non-hydrogen) atoms. The van der Waals surface area contributed by atoms with Gasteiger partial charge in [0.2, 0.25) is 0 Å². The number of nitrogen functional groups attached to an aromatic ring is 1. The number of benzene rings is 1. The van der Waals surface area contributed by atoms with Gasteiger partial charge in [-0.15, -0.1) is 0 Å². The first-order chi connectivity index (χ1) is 11.2. The van der Waals surface area contributed by atoms with Crippen LogP contribution in [0.2, 0.25) is 0 Å². The molecule has 6 nitrogen and oxygen atoms in total. The van der Waals surface area contributed by atoms with E-state index < -0.39 is 0 Å². The second-order valence-corrected chi connectivity index (χ2v) is 5.01. The highest BCUT2D eigenvalue weighted by Crippen LogP contribution is 2.20. The van der Waals surface area contributed by atoms with Crippen LogP contribution in [0.4, 0.5) is 11.4 Å². The molecule has 0 saturated carbocycles. The van der Waals surface area contributed by atoms with Gasteiger partial charge in [-0.1, -0.05) is 6.58 Å². The van der Waals surface area contributed by atoms with Gasteiger partial charge in [-0.25, -0.2) is 0 Å². The second kappa shape index (κ2) is 11.8. The topological polar surface area (TPSA) is 77.2 Å². The van der Waals surface area contributed by atoms with E-state index in [2.05, 4.69) is 17.5 Å². The molecular formula is C17H28N2O4. The summed E-state index contributed by atoms with van der Waals surface area (Å²) in [4.78, 5) is 2.18. The van der Waals surface area contributed by atoms with Gasteiger partial charge in [0.1, 0.15) is 6.61 Å². The smallest absolute Gasteiger partial charge is 0.111 e. The summed E-state index contributed by atoms with van der Waals surface area (Å²) in [6.45, 7) is 9.48. The first kappa shape index (κ1) is 19.3. The van der Waals surface area contributed by atoms with E-state index >= 15 is 0 Å². The molecule has 0 radical (unpaired) electrons. The van der Waals surface area contributed by atoms with Gasteiger partial charge in [0, 0.05) is 24.5 Å². The predicted molar refractivity (Wildman–Crippen MR) is 92.7 cm³/mol. The Bertz CT molecular complexity index is 454. The summed E-state index contributed by atoms with van der Waals surface area (Å²) in [5.41, 5.74) is 8.78. The van der Waals surface area contributed by atoms with Gasteiger partial charge in [-0.2, -0.15) is 0 Å². The Morgan fingerprint density at radius 2 is 1.83 bits per heavy atom. The summed E-state index contributed by atoms with van der Waals surface area (Å²) >= 11 is 0. The van der Waals surface area contributed by atoms with Gasteiger partial charge in [0.05, 0.1) is 39.3 Å². The van der Waals surface area contributed by atoms with Crippen molar-refractivity contribution in [3.05, 3.63) is 36.6 Å². The van der Waals surface area contributed by atoms with Crippen molar-refractivity contribution in [3.63, 3.8) is 0 Å². The van der Waals surface area contributed by atoms with Crippen LogP contribution < -0.4 is 10.6 Å². The first-order valence-electron chi connectivity index (χ1n) is 7.79. The largest absolute Gasteiger partial charge is 0.499 e. The summed E-state index contributed by atoms with van der Waals surface area (Å²) < 4.78 is 15.9. The lowest BCUT2D eigenvalue weighted by atomic mass is 10.1. The minimum absolute atomic E-state index is 0.0351. The molecule has 0 unspecified atom stereocenters. The molecule has 1 rings (SSSR count). The van der Waals surface area contributed by atoms with Crippen LogP contribution >= 0.6 is 0 Å². The van der Waals surface area contributed by atoms with E-state index in [0.29, 0.717) is 33.0 Å². The van der Waals surface area contributed by atoms with Gasteiger partial charge >= 0.3 is 0 Å².